The summed E-state index contributed by atoms with van der Waals surface area (Å²) in [5, 5.41) is 48.5. The van der Waals surface area contributed by atoms with E-state index in [0.29, 0.717) is 0 Å². The molecule has 0 aliphatic heterocycles. The molecule has 2 unspecified atom stereocenters. The first-order valence-electron chi connectivity index (χ1n) is 6.70. The second kappa shape index (κ2) is 6.47. The maximum Gasteiger partial charge on any atom is 0.356 e. The zero-order chi connectivity index (χ0) is 17.9. The van der Waals surface area contributed by atoms with Crippen molar-refractivity contribution in [1.82, 2.24) is 0 Å². The third-order valence-electron chi connectivity index (χ3n) is 3.38. The summed E-state index contributed by atoms with van der Waals surface area (Å²) in [4.78, 5) is 23.2. The fraction of sp³-hybridized carbons (Fsp3) is 0.125. The van der Waals surface area contributed by atoms with E-state index < -0.39 is 40.7 Å². The van der Waals surface area contributed by atoms with Crippen LogP contribution in [-0.2, 0) is 15.2 Å². The third kappa shape index (κ3) is 2.82. The molecule has 8 heteroatoms. The molecule has 0 bridgehead atoms. The average Bonchev–Trinajstić information content (AvgIpc) is 2.54. The Morgan fingerprint density at radius 3 is 1.96 bits per heavy atom. The molecule has 2 aromatic rings. The highest BCUT2D eigenvalue weighted by molar-refractivity contribution is 5.89. The van der Waals surface area contributed by atoms with Crippen molar-refractivity contribution in [1.29, 1.82) is 0 Å². The van der Waals surface area contributed by atoms with Gasteiger partial charge in [-0.1, -0.05) is 30.3 Å². The van der Waals surface area contributed by atoms with Crippen LogP contribution in [0.25, 0.3) is 0 Å². The maximum absolute atomic E-state index is 11.9. The lowest BCUT2D eigenvalue weighted by atomic mass is 9.86. The quantitative estimate of drug-likeness (QED) is 0.524. The van der Waals surface area contributed by atoms with Crippen molar-refractivity contribution in [3.8, 4) is 17.2 Å². The molecule has 0 radical (unpaired) electrons. The Hall–Kier alpha value is -3.26. The molecule has 0 aliphatic rings. The topological polar surface area (TPSA) is 145 Å². The standard InChI is InChI=1S/C16H14O8/c17-10-6-2-1-5-9(10)16(15(22)23,13(19)14(20)21)24-12-8-4-3-7-11(12)18/h1-8,13,17-19H,(H,20,21)(H,22,23). The highest BCUT2D eigenvalue weighted by Gasteiger charge is 2.55. The molecular formula is C16H14O8. The Bertz CT molecular complexity index is 772. The number of carbonyl (C=O) groups is 2. The summed E-state index contributed by atoms with van der Waals surface area (Å²) >= 11 is 0. The van der Waals surface area contributed by atoms with Crippen LogP contribution in [0.2, 0.25) is 0 Å². The molecule has 0 spiro atoms. The van der Waals surface area contributed by atoms with E-state index in [1.54, 1.807) is 0 Å². The van der Waals surface area contributed by atoms with E-state index in [9.17, 15) is 30.0 Å². The van der Waals surface area contributed by atoms with Gasteiger partial charge in [-0.05, 0) is 18.2 Å². The van der Waals surface area contributed by atoms with E-state index in [0.717, 1.165) is 12.1 Å². The van der Waals surface area contributed by atoms with Crippen molar-refractivity contribution in [2.45, 2.75) is 11.7 Å². The summed E-state index contributed by atoms with van der Waals surface area (Å²) in [5.74, 6) is -5.16. The number of carboxylic acid groups (broad SMARTS) is 2. The zero-order valence-corrected chi connectivity index (χ0v) is 12.2. The highest BCUT2D eigenvalue weighted by atomic mass is 16.6. The van der Waals surface area contributed by atoms with E-state index in [2.05, 4.69) is 0 Å². The van der Waals surface area contributed by atoms with E-state index in [-0.39, 0.29) is 5.75 Å². The number of aliphatic hydroxyl groups is 1. The summed E-state index contributed by atoms with van der Waals surface area (Å²) in [7, 11) is 0. The molecule has 0 amide bonds. The van der Waals surface area contributed by atoms with Crippen LogP contribution in [0.5, 0.6) is 17.2 Å². The molecule has 0 saturated carbocycles. The van der Waals surface area contributed by atoms with E-state index >= 15 is 0 Å². The van der Waals surface area contributed by atoms with Crippen molar-refractivity contribution in [3.05, 3.63) is 54.1 Å². The molecular weight excluding hydrogens is 320 g/mol. The van der Waals surface area contributed by atoms with Crippen molar-refractivity contribution in [3.63, 3.8) is 0 Å². The molecule has 8 nitrogen and oxygen atoms in total. The predicted molar refractivity (Wildman–Crippen MR) is 79.8 cm³/mol. The zero-order valence-electron chi connectivity index (χ0n) is 12.2. The number of phenolic OH excluding ortho intramolecular Hbond substituents is 2. The Kier molecular flexibility index (Phi) is 4.61. The lowest BCUT2D eigenvalue weighted by molar-refractivity contribution is -0.181. The monoisotopic (exact) mass is 334 g/mol. The van der Waals surface area contributed by atoms with Crippen molar-refractivity contribution < 1.29 is 39.9 Å². The largest absolute Gasteiger partial charge is 0.507 e. The van der Waals surface area contributed by atoms with E-state index in [1.165, 1.54) is 36.4 Å². The molecule has 24 heavy (non-hydrogen) atoms. The van der Waals surface area contributed by atoms with Crippen LogP contribution < -0.4 is 4.74 Å². The minimum atomic E-state index is -2.88. The van der Waals surface area contributed by atoms with Gasteiger partial charge in [0.05, 0.1) is 5.56 Å². The Labute approximate surface area is 135 Å². The van der Waals surface area contributed by atoms with Gasteiger partial charge in [0.15, 0.2) is 11.5 Å². The van der Waals surface area contributed by atoms with Crippen LogP contribution in [-0.4, -0.2) is 43.6 Å². The van der Waals surface area contributed by atoms with Crippen molar-refractivity contribution in [2.75, 3.05) is 0 Å². The summed E-state index contributed by atoms with van der Waals surface area (Å²) in [5.41, 5.74) is -3.36. The van der Waals surface area contributed by atoms with Gasteiger partial charge in [-0.3, -0.25) is 0 Å². The average molecular weight is 334 g/mol. The number of benzene rings is 2. The number of phenols is 2. The maximum atomic E-state index is 11.9. The van der Waals surface area contributed by atoms with Crippen molar-refractivity contribution >= 4 is 11.9 Å². The fourth-order valence-electron chi connectivity index (χ4n) is 2.21. The number of hydrogen-bond acceptors (Lipinski definition) is 6. The normalized spacial score (nSPS) is 14.4. The van der Waals surface area contributed by atoms with Gasteiger partial charge in [-0.15, -0.1) is 0 Å². The molecule has 0 aromatic heterocycles. The van der Waals surface area contributed by atoms with Gasteiger partial charge in [0.25, 0.3) is 5.60 Å². The number of aliphatic carboxylic acids is 2. The Balaban J connectivity index is 2.72. The fourth-order valence-corrected chi connectivity index (χ4v) is 2.21. The summed E-state index contributed by atoms with van der Waals surface area (Å²) in [6.07, 6.45) is -2.57. The van der Waals surface area contributed by atoms with E-state index in [4.69, 9.17) is 9.84 Å². The first-order valence-corrected chi connectivity index (χ1v) is 6.70. The molecule has 0 aliphatic carbocycles. The number of carboxylic acids is 2. The molecule has 126 valence electrons. The SMILES string of the molecule is O=C(O)C(O)C(Oc1ccccc1O)(C(=O)O)c1ccccc1O. The van der Waals surface area contributed by atoms with Gasteiger partial charge in [0.1, 0.15) is 5.75 Å². The van der Waals surface area contributed by atoms with Gasteiger partial charge in [-0.2, -0.15) is 0 Å². The number of aromatic hydroxyl groups is 2. The van der Waals surface area contributed by atoms with Crippen LogP contribution in [0.4, 0.5) is 0 Å². The first kappa shape index (κ1) is 17.1. The summed E-state index contributed by atoms with van der Waals surface area (Å²) < 4.78 is 5.24. The van der Waals surface area contributed by atoms with Gasteiger partial charge < -0.3 is 30.3 Å². The molecule has 2 rings (SSSR count). The molecule has 2 aromatic carbocycles. The first-order chi connectivity index (χ1) is 11.3. The van der Waals surface area contributed by atoms with Crippen LogP contribution in [0, 0.1) is 0 Å². The number of hydrogen-bond donors (Lipinski definition) is 5. The van der Waals surface area contributed by atoms with Crippen LogP contribution in [0.3, 0.4) is 0 Å². The lowest BCUT2D eigenvalue weighted by Gasteiger charge is -2.33. The molecule has 0 saturated heterocycles. The van der Waals surface area contributed by atoms with Crippen LogP contribution >= 0.6 is 0 Å². The van der Waals surface area contributed by atoms with Gasteiger partial charge in [0, 0.05) is 0 Å². The van der Waals surface area contributed by atoms with E-state index in [1.807, 2.05) is 0 Å². The molecule has 2 atom stereocenters. The van der Waals surface area contributed by atoms with Crippen molar-refractivity contribution in [2.24, 2.45) is 0 Å². The summed E-state index contributed by atoms with van der Waals surface area (Å²) in [6.45, 7) is 0. The smallest absolute Gasteiger partial charge is 0.356 e. The molecule has 0 heterocycles. The van der Waals surface area contributed by atoms with Crippen LogP contribution in [0.1, 0.15) is 5.56 Å². The van der Waals surface area contributed by atoms with Gasteiger partial charge >= 0.3 is 11.9 Å². The molecule has 0 fully saturated rings. The lowest BCUT2D eigenvalue weighted by Crippen LogP contribution is -2.54. The highest BCUT2D eigenvalue weighted by Crippen LogP contribution is 2.39. The van der Waals surface area contributed by atoms with Gasteiger partial charge in [-0.25, -0.2) is 9.59 Å². The Morgan fingerprint density at radius 2 is 1.46 bits per heavy atom. The minimum Gasteiger partial charge on any atom is -0.507 e. The predicted octanol–water partition coefficient (Wildman–Crippen LogP) is 0.902. The number of rotatable bonds is 6. The Morgan fingerprint density at radius 1 is 0.917 bits per heavy atom. The summed E-state index contributed by atoms with van der Waals surface area (Å²) in [6, 6.07) is 10.2. The number of aliphatic hydroxyl groups excluding tert-OH is 1. The number of para-hydroxylation sites is 3. The molecule has 5 N–H and O–H groups in total. The second-order valence-corrected chi connectivity index (χ2v) is 4.87. The minimum absolute atomic E-state index is 0.372. The number of ether oxygens (including phenoxy) is 1. The van der Waals surface area contributed by atoms with Gasteiger partial charge in [0.2, 0.25) is 6.10 Å². The third-order valence-corrected chi connectivity index (χ3v) is 3.38. The van der Waals surface area contributed by atoms with Crippen LogP contribution in [0.15, 0.2) is 48.5 Å². The second-order valence-electron chi connectivity index (χ2n) is 4.87.